The van der Waals surface area contributed by atoms with Gasteiger partial charge in [0, 0.05) is 11.0 Å². The monoisotopic (exact) mass is 232 g/mol. The third-order valence-corrected chi connectivity index (χ3v) is 4.38. The molecule has 1 aromatic carbocycles. The molecule has 0 aromatic heterocycles. The molecule has 3 heteroatoms. The van der Waals surface area contributed by atoms with Crippen molar-refractivity contribution in [3.63, 3.8) is 0 Å². The molecule has 17 heavy (non-hydrogen) atoms. The Labute approximate surface area is 101 Å². The normalized spacial score (nSPS) is 33.8. The number of ether oxygens (including phenoxy) is 2. The van der Waals surface area contributed by atoms with Crippen LogP contribution in [0.3, 0.4) is 0 Å². The number of rotatable bonds is 1. The largest absolute Gasteiger partial charge is 0.493 e. The Bertz CT molecular complexity index is 468. The van der Waals surface area contributed by atoms with E-state index in [0.29, 0.717) is 12.5 Å². The summed E-state index contributed by atoms with van der Waals surface area (Å²) >= 11 is 0. The molecule has 1 saturated carbocycles. The van der Waals surface area contributed by atoms with E-state index in [4.69, 9.17) is 9.47 Å². The van der Waals surface area contributed by atoms with Crippen molar-refractivity contribution in [2.24, 2.45) is 11.8 Å². The first kappa shape index (κ1) is 10.6. The fourth-order valence-corrected chi connectivity index (χ4v) is 3.41. The van der Waals surface area contributed by atoms with Crippen LogP contribution in [0.1, 0.15) is 18.9 Å². The minimum Gasteiger partial charge on any atom is -0.493 e. The molecule has 0 radical (unpaired) electrons. The van der Waals surface area contributed by atoms with Crippen LogP contribution in [0.15, 0.2) is 24.3 Å². The van der Waals surface area contributed by atoms with E-state index in [1.165, 1.54) is 12.7 Å². The Morgan fingerprint density at radius 2 is 2.24 bits per heavy atom. The molecule has 0 saturated heterocycles. The average molecular weight is 232 g/mol. The van der Waals surface area contributed by atoms with Crippen molar-refractivity contribution in [2.45, 2.75) is 18.8 Å². The molecule has 3 atom stereocenters. The van der Waals surface area contributed by atoms with E-state index < -0.39 is 0 Å². The second kappa shape index (κ2) is 3.49. The molecule has 0 N–H and O–H groups in total. The number of esters is 1. The maximum Gasteiger partial charge on any atom is 0.309 e. The van der Waals surface area contributed by atoms with Gasteiger partial charge in [0.2, 0.25) is 0 Å². The molecule has 2 aliphatic rings. The van der Waals surface area contributed by atoms with Crippen molar-refractivity contribution < 1.29 is 14.3 Å². The molecule has 3 rings (SSSR count). The highest BCUT2D eigenvalue weighted by molar-refractivity contribution is 5.80. The van der Waals surface area contributed by atoms with Crippen LogP contribution in [-0.4, -0.2) is 19.7 Å². The lowest BCUT2D eigenvalue weighted by Gasteiger charge is -2.27. The maximum absolute atomic E-state index is 11.8. The molecule has 0 bridgehead atoms. The van der Waals surface area contributed by atoms with E-state index in [1.54, 1.807) is 0 Å². The second-order valence-electron chi connectivity index (χ2n) is 4.92. The van der Waals surface area contributed by atoms with Gasteiger partial charge in [-0.25, -0.2) is 0 Å². The van der Waals surface area contributed by atoms with Crippen molar-refractivity contribution in [1.82, 2.24) is 0 Å². The Kier molecular flexibility index (Phi) is 2.18. The van der Waals surface area contributed by atoms with Crippen molar-refractivity contribution in [3.05, 3.63) is 29.8 Å². The number of hydrogen-bond acceptors (Lipinski definition) is 3. The van der Waals surface area contributed by atoms with Crippen molar-refractivity contribution in [3.8, 4) is 5.75 Å². The van der Waals surface area contributed by atoms with E-state index in [0.717, 1.165) is 12.2 Å². The molecular weight excluding hydrogens is 216 g/mol. The summed E-state index contributed by atoms with van der Waals surface area (Å²) in [6.45, 7) is 2.82. The van der Waals surface area contributed by atoms with Gasteiger partial charge in [0.05, 0.1) is 19.6 Å². The van der Waals surface area contributed by atoms with Crippen LogP contribution in [0.5, 0.6) is 5.75 Å². The molecule has 90 valence electrons. The fourth-order valence-electron chi connectivity index (χ4n) is 3.41. The average Bonchev–Trinajstić information content (AvgIpc) is 2.94. The van der Waals surface area contributed by atoms with Gasteiger partial charge >= 0.3 is 5.97 Å². The second-order valence-corrected chi connectivity index (χ2v) is 4.92. The molecule has 1 heterocycles. The van der Waals surface area contributed by atoms with Crippen LogP contribution in [-0.2, 0) is 14.9 Å². The molecule has 1 spiro atoms. The molecule has 1 aliphatic heterocycles. The number of methoxy groups -OCH3 is 1. The molecule has 0 amide bonds. The van der Waals surface area contributed by atoms with Gasteiger partial charge in [-0.3, -0.25) is 4.79 Å². The molecule has 0 unspecified atom stereocenters. The quantitative estimate of drug-likeness (QED) is 0.696. The van der Waals surface area contributed by atoms with Gasteiger partial charge in [-0.05, 0) is 18.4 Å². The zero-order chi connectivity index (χ0) is 12.0. The Morgan fingerprint density at radius 3 is 3.00 bits per heavy atom. The third-order valence-electron chi connectivity index (χ3n) is 4.38. The van der Waals surface area contributed by atoms with Crippen molar-refractivity contribution in [2.75, 3.05) is 13.7 Å². The molecule has 3 nitrogen and oxygen atoms in total. The van der Waals surface area contributed by atoms with Gasteiger partial charge in [-0.1, -0.05) is 25.1 Å². The number of carbonyl (C=O) groups is 1. The Morgan fingerprint density at radius 1 is 1.47 bits per heavy atom. The van der Waals surface area contributed by atoms with Crippen molar-refractivity contribution >= 4 is 5.97 Å². The van der Waals surface area contributed by atoms with Crippen molar-refractivity contribution in [1.29, 1.82) is 0 Å². The van der Waals surface area contributed by atoms with Crippen LogP contribution < -0.4 is 4.74 Å². The lowest BCUT2D eigenvalue weighted by molar-refractivity contribution is -0.143. The summed E-state index contributed by atoms with van der Waals surface area (Å²) in [6, 6.07) is 8.04. The summed E-state index contributed by atoms with van der Waals surface area (Å²) in [6.07, 6.45) is 0.908. The van der Waals surface area contributed by atoms with Gasteiger partial charge in [0.25, 0.3) is 0 Å². The SMILES string of the molecule is COC(=O)[C@@H]1[C@H](C)[C@]12CCOc1ccccc12. The summed E-state index contributed by atoms with van der Waals surface area (Å²) in [4.78, 5) is 11.8. The van der Waals surface area contributed by atoms with E-state index in [2.05, 4.69) is 13.0 Å². The first-order valence-corrected chi connectivity index (χ1v) is 6.02. The third kappa shape index (κ3) is 1.25. The number of benzene rings is 1. The van der Waals surface area contributed by atoms with E-state index in [-0.39, 0.29) is 17.3 Å². The Balaban J connectivity index is 2.04. The highest BCUT2D eigenvalue weighted by Crippen LogP contribution is 2.65. The maximum atomic E-state index is 11.8. The van der Waals surface area contributed by atoms with Gasteiger partial charge in [-0.2, -0.15) is 0 Å². The standard InChI is InChI=1S/C14H16O3/c1-9-12(13(15)16-2)14(9)7-8-17-11-6-4-3-5-10(11)14/h3-6,9,12H,7-8H2,1-2H3/t9-,12-,14-/m0/s1. The minimum atomic E-state index is -0.0887. The number of para-hydroxylation sites is 1. The molecule has 1 aromatic rings. The van der Waals surface area contributed by atoms with Crippen LogP contribution in [0.25, 0.3) is 0 Å². The van der Waals surface area contributed by atoms with E-state index in [1.807, 2.05) is 18.2 Å². The van der Waals surface area contributed by atoms with E-state index in [9.17, 15) is 4.79 Å². The van der Waals surface area contributed by atoms with Gasteiger partial charge in [0.1, 0.15) is 5.75 Å². The highest BCUT2D eigenvalue weighted by Gasteiger charge is 2.68. The topological polar surface area (TPSA) is 35.5 Å². The van der Waals surface area contributed by atoms with Gasteiger partial charge in [0.15, 0.2) is 0 Å². The number of carbonyl (C=O) groups excluding carboxylic acids is 1. The zero-order valence-corrected chi connectivity index (χ0v) is 10.1. The highest BCUT2D eigenvalue weighted by atomic mass is 16.5. The van der Waals surface area contributed by atoms with Crippen LogP contribution in [0.4, 0.5) is 0 Å². The summed E-state index contributed by atoms with van der Waals surface area (Å²) in [7, 11) is 1.46. The fraction of sp³-hybridized carbons (Fsp3) is 0.500. The van der Waals surface area contributed by atoms with Gasteiger partial charge in [-0.15, -0.1) is 0 Å². The lowest BCUT2D eigenvalue weighted by Crippen LogP contribution is -2.25. The first-order chi connectivity index (χ1) is 8.21. The summed E-state index contributed by atoms with van der Waals surface area (Å²) < 4.78 is 10.6. The molecular formula is C14H16O3. The number of hydrogen-bond donors (Lipinski definition) is 0. The summed E-state index contributed by atoms with van der Waals surface area (Å²) in [5.41, 5.74) is 1.14. The Hall–Kier alpha value is -1.51. The molecule has 1 fully saturated rings. The zero-order valence-electron chi connectivity index (χ0n) is 10.1. The number of fused-ring (bicyclic) bond motifs is 2. The van der Waals surface area contributed by atoms with Crippen LogP contribution in [0, 0.1) is 11.8 Å². The lowest BCUT2D eigenvalue weighted by atomic mass is 9.86. The van der Waals surface area contributed by atoms with Gasteiger partial charge < -0.3 is 9.47 Å². The molecule has 1 aliphatic carbocycles. The smallest absolute Gasteiger partial charge is 0.309 e. The van der Waals surface area contributed by atoms with Crippen LogP contribution in [0.2, 0.25) is 0 Å². The summed E-state index contributed by atoms with van der Waals surface area (Å²) in [5.74, 6) is 1.18. The summed E-state index contributed by atoms with van der Waals surface area (Å²) in [5, 5.41) is 0. The van der Waals surface area contributed by atoms with E-state index >= 15 is 0 Å². The predicted molar refractivity (Wildman–Crippen MR) is 62.9 cm³/mol. The first-order valence-electron chi connectivity index (χ1n) is 6.02. The van der Waals surface area contributed by atoms with Crippen LogP contribution >= 0.6 is 0 Å². The minimum absolute atomic E-state index is 0.00227. The predicted octanol–water partition coefficient (Wildman–Crippen LogP) is 2.15.